The van der Waals surface area contributed by atoms with Gasteiger partial charge < -0.3 is 14.2 Å². The van der Waals surface area contributed by atoms with Gasteiger partial charge in [0.1, 0.15) is 5.75 Å². The Hall–Kier alpha value is -2.86. The Bertz CT molecular complexity index is 953. The van der Waals surface area contributed by atoms with Crippen LogP contribution in [0.5, 0.6) is 5.75 Å². The van der Waals surface area contributed by atoms with Crippen molar-refractivity contribution in [2.24, 2.45) is 5.92 Å². The fourth-order valence-corrected chi connectivity index (χ4v) is 3.06. The van der Waals surface area contributed by atoms with E-state index in [1.165, 1.54) is 5.56 Å². The van der Waals surface area contributed by atoms with Crippen molar-refractivity contribution in [2.75, 3.05) is 19.7 Å². The Balaban J connectivity index is 1.58. The van der Waals surface area contributed by atoms with Crippen molar-refractivity contribution in [3.63, 3.8) is 0 Å². The van der Waals surface area contributed by atoms with Crippen LogP contribution in [0.2, 0.25) is 5.02 Å². The number of rotatable bonds is 9. The molecule has 0 atom stereocenters. The van der Waals surface area contributed by atoms with Gasteiger partial charge in [0.05, 0.1) is 0 Å². The molecule has 3 rings (SSSR count). The summed E-state index contributed by atoms with van der Waals surface area (Å²) < 4.78 is 11.0. The predicted molar refractivity (Wildman–Crippen MR) is 117 cm³/mol. The number of ether oxygens (including phenoxy) is 1. The molecule has 6 nitrogen and oxygen atoms in total. The molecule has 0 fully saturated rings. The van der Waals surface area contributed by atoms with Gasteiger partial charge in [-0.2, -0.15) is 4.98 Å². The third-order valence-electron chi connectivity index (χ3n) is 4.49. The number of amides is 1. The van der Waals surface area contributed by atoms with Gasteiger partial charge >= 0.3 is 0 Å². The van der Waals surface area contributed by atoms with Crippen LogP contribution >= 0.6 is 11.6 Å². The summed E-state index contributed by atoms with van der Waals surface area (Å²) >= 11 is 5.88. The SMILES string of the molecule is Cc1ccc(-c2noc(CCN(CC(C)C)C(=O)COc3ccc(Cl)cc3)n2)cc1. The molecule has 0 aliphatic heterocycles. The minimum atomic E-state index is -0.0862. The van der Waals surface area contributed by atoms with E-state index in [1.807, 2.05) is 31.2 Å². The van der Waals surface area contributed by atoms with Crippen LogP contribution in [-0.4, -0.2) is 40.6 Å². The Morgan fingerprint density at radius 3 is 2.50 bits per heavy atom. The zero-order valence-electron chi connectivity index (χ0n) is 17.5. The van der Waals surface area contributed by atoms with Gasteiger partial charge in [0, 0.05) is 30.1 Å². The van der Waals surface area contributed by atoms with Crippen molar-refractivity contribution in [1.82, 2.24) is 15.0 Å². The number of carbonyl (C=O) groups is 1. The Morgan fingerprint density at radius 1 is 1.13 bits per heavy atom. The summed E-state index contributed by atoms with van der Waals surface area (Å²) in [5.41, 5.74) is 2.08. The first-order valence-corrected chi connectivity index (χ1v) is 10.3. The minimum Gasteiger partial charge on any atom is -0.484 e. The summed E-state index contributed by atoms with van der Waals surface area (Å²) in [5, 5.41) is 4.68. The highest BCUT2D eigenvalue weighted by Crippen LogP contribution is 2.17. The molecule has 3 aromatic rings. The van der Waals surface area contributed by atoms with E-state index in [9.17, 15) is 4.79 Å². The fraction of sp³-hybridized carbons (Fsp3) is 0.348. The van der Waals surface area contributed by atoms with Gasteiger partial charge in [-0.1, -0.05) is 60.4 Å². The summed E-state index contributed by atoms with van der Waals surface area (Å²) in [7, 11) is 0. The van der Waals surface area contributed by atoms with Crippen molar-refractivity contribution in [1.29, 1.82) is 0 Å². The molecule has 0 spiro atoms. The van der Waals surface area contributed by atoms with E-state index < -0.39 is 0 Å². The number of nitrogens with zero attached hydrogens (tertiary/aromatic N) is 3. The highest BCUT2D eigenvalue weighted by Gasteiger charge is 2.18. The summed E-state index contributed by atoms with van der Waals surface area (Å²) in [6.45, 7) is 7.25. The van der Waals surface area contributed by atoms with Gasteiger partial charge in [-0.25, -0.2) is 0 Å². The number of aryl methyl sites for hydroxylation is 1. The molecule has 1 amide bonds. The second-order valence-corrected chi connectivity index (χ2v) is 8.04. The van der Waals surface area contributed by atoms with Crippen molar-refractivity contribution in [3.05, 3.63) is 65.0 Å². The average Bonchev–Trinajstić information content (AvgIpc) is 3.19. The monoisotopic (exact) mass is 427 g/mol. The molecule has 7 heteroatoms. The maximum absolute atomic E-state index is 12.7. The zero-order chi connectivity index (χ0) is 21.5. The summed E-state index contributed by atoms with van der Waals surface area (Å²) in [6.07, 6.45) is 0.484. The van der Waals surface area contributed by atoms with Gasteiger partial charge in [-0.15, -0.1) is 0 Å². The van der Waals surface area contributed by atoms with Crippen LogP contribution < -0.4 is 4.74 Å². The fourth-order valence-electron chi connectivity index (χ4n) is 2.93. The first-order valence-electron chi connectivity index (χ1n) is 9.96. The number of hydrogen-bond acceptors (Lipinski definition) is 5. The van der Waals surface area contributed by atoms with Crippen LogP contribution in [0.15, 0.2) is 53.1 Å². The van der Waals surface area contributed by atoms with Crippen LogP contribution in [0.25, 0.3) is 11.4 Å². The molecule has 1 heterocycles. The molecule has 30 heavy (non-hydrogen) atoms. The lowest BCUT2D eigenvalue weighted by Gasteiger charge is -2.24. The van der Waals surface area contributed by atoms with Crippen molar-refractivity contribution in [3.8, 4) is 17.1 Å². The standard InChI is InChI=1S/C23H26ClN3O3/c1-16(2)14-27(22(28)15-29-20-10-8-19(24)9-11-20)13-12-21-25-23(26-30-21)18-6-4-17(3)5-7-18/h4-11,16H,12-15H2,1-3H3. The van der Waals surface area contributed by atoms with E-state index in [4.69, 9.17) is 20.9 Å². The van der Waals surface area contributed by atoms with Crippen LogP contribution in [0.1, 0.15) is 25.3 Å². The Morgan fingerprint density at radius 2 is 1.83 bits per heavy atom. The lowest BCUT2D eigenvalue weighted by Crippen LogP contribution is -2.39. The van der Waals surface area contributed by atoms with Crippen molar-refractivity contribution in [2.45, 2.75) is 27.2 Å². The first kappa shape index (κ1) is 21.8. The second kappa shape index (κ2) is 10.3. The van der Waals surface area contributed by atoms with Gasteiger partial charge in [0.25, 0.3) is 5.91 Å². The molecule has 1 aromatic heterocycles. The van der Waals surface area contributed by atoms with E-state index in [2.05, 4.69) is 24.0 Å². The van der Waals surface area contributed by atoms with E-state index in [0.717, 1.165) is 5.56 Å². The molecule has 0 aliphatic rings. The number of aromatic nitrogens is 2. The van der Waals surface area contributed by atoms with E-state index in [1.54, 1.807) is 29.2 Å². The molecule has 0 radical (unpaired) electrons. The quantitative estimate of drug-likeness (QED) is 0.490. The lowest BCUT2D eigenvalue weighted by atomic mass is 10.1. The van der Waals surface area contributed by atoms with Crippen LogP contribution in [0, 0.1) is 12.8 Å². The molecule has 158 valence electrons. The maximum Gasteiger partial charge on any atom is 0.260 e. The number of carbonyl (C=O) groups excluding carboxylic acids is 1. The third kappa shape index (κ3) is 6.32. The largest absolute Gasteiger partial charge is 0.484 e. The third-order valence-corrected chi connectivity index (χ3v) is 4.74. The van der Waals surface area contributed by atoms with Crippen LogP contribution in [0.3, 0.4) is 0 Å². The molecule has 0 bridgehead atoms. The molecule has 0 saturated heterocycles. The Labute approximate surface area is 181 Å². The number of hydrogen-bond donors (Lipinski definition) is 0. The molecular formula is C23H26ClN3O3. The van der Waals surface area contributed by atoms with Gasteiger partial charge in [0.15, 0.2) is 6.61 Å². The topological polar surface area (TPSA) is 68.5 Å². The van der Waals surface area contributed by atoms with Gasteiger partial charge in [0.2, 0.25) is 11.7 Å². The molecule has 0 aliphatic carbocycles. The number of benzene rings is 2. The summed E-state index contributed by atoms with van der Waals surface area (Å²) in [5.74, 6) is 1.91. The van der Waals surface area contributed by atoms with E-state index in [0.29, 0.717) is 47.9 Å². The summed E-state index contributed by atoms with van der Waals surface area (Å²) in [6, 6.07) is 14.9. The first-order chi connectivity index (χ1) is 14.4. The highest BCUT2D eigenvalue weighted by molar-refractivity contribution is 6.30. The molecule has 2 aromatic carbocycles. The van der Waals surface area contributed by atoms with Gasteiger partial charge in [-0.05, 0) is 37.1 Å². The van der Waals surface area contributed by atoms with Gasteiger partial charge in [-0.3, -0.25) is 4.79 Å². The molecule has 0 saturated carbocycles. The Kier molecular flexibility index (Phi) is 7.46. The van der Waals surface area contributed by atoms with E-state index >= 15 is 0 Å². The molecule has 0 N–H and O–H groups in total. The minimum absolute atomic E-state index is 0.0349. The highest BCUT2D eigenvalue weighted by atomic mass is 35.5. The smallest absolute Gasteiger partial charge is 0.260 e. The van der Waals surface area contributed by atoms with Crippen molar-refractivity contribution < 1.29 is 14.1 Å². The second-order valence-electron chi connectivity index (χ2n) is 7.60. The van der Waals surface area contributed by atoms with Crippen LogP contribution in [0.4, 0.5) is 0 Å². The van der Waals surface area contributed by atoms with E-state index in [-0.39, 0.29) is 12.5 Å². The normalized spacial score (nSPS) is 11.0. The van der Waals surface area contributed by atoms with Crippen molar-refractivity contribution >= 4 is 17.5 Å². The summed E-state index contributed by atoms with van der Waals surface area (Å²) in [4.78, 5) is 18.9. The molecule has 0 unspecified atom stereocenters. The number of halogens is 1. The lowest BCUT2D eigenvalue weighted by molar-refractivity contribution is -0.133. The predicted octanol–water partition coefficient (Wildman–Crippen LogP) is 4.80. The maximum atomic E-state index is 12.7. The average molecular weight is 428 g/mol. The molecular weight excluding hydrogens is 402 g/mol. The van der Waals surface area contributed by atoms with Crippen LogP contribution in [-0.2, 0) is 11.2 Å². The zero-order valence-corrected chi connectivity index (χ0v) is 18.2.